The van der Waals surface area contributed by atoms with Gasteiger partial charge in [0.15, 0.2) is 0 Å². The summed E-state index contributed by atoms with van der Waals surface area (Å²) in [6, 6.07) is 8.59. The van der Waals surface area contributed by atoms with Crippen LogP contribution in [0.4, 0.5) is 4.79 Å². The van der Waals surface area contributed by atoms with Crippen molar-refractivity contribution in [1.29, 1.82) is 0 Å². The highest BCUT2D eigenvalue weighted by Crippen LogP contribution is 2.21. The summed E-state index contributed by atoms with van der Waals surface area (Å²) in [5.41, 5.74) is 7.86. The van der Waals surface area contributed by atoms with Crippen molar-refractivity contribution in [3.8, 4) is 0 Å². The van der Waals surface area contributed by atoms with Crippen molar-refractivity contribution in [2.45, 2.75) is 45.3 Å². The predicted molar refractivity (Wildman–Crippen MR) is 70.1 cm³/mol. The van der Waals surface area contributed by atoms with E-state index in [0.717, 1.165) is 12.8 Å². The van der Waals surface area contributed by atoms with Gasteiger partial charge in [-0.1, -0.05) is 24.3 Å². The Bertz CT molecular complexity index is 413. The van der Waals surface area contributed by atoms with Gasteiger partial charge >= 0.3 is 6.09 Å². The molecular weight excluding hydrogens is 228 g/mol. The average Bonchev–Trinajstić information content (AvgIpc) is 2.66. The molecule has 0 aromatic heterocycles. The van der Waals surface area contributed by atoms with Crippen molar-refractivity contribution in [1.82, 2.24) is 10.9 Å². The summed E-state index contributed by atoms with van der Waals surface area (Å²) in [6.07, 6.45) is 1.44. The molecule has 18 heavy (non-hydrogen) atoms. The maximum Gasteiger partial charge on any atom is 0.422 e. The highest BCUT2D eigenvalue weighted by molar-refractivity contribution is 5.67. The minimum atomic E-state index is -0.468. The molecule has 0 saturated carbocycles. The quantitative estimate of drug-likeness (QED) is 0.789. The fourth-order valence-electron chi connectivity index (χ4n) is 2.13. The van der Waals surface area contributed by atoms with Gasteiger partial charge in [0.25, 0.3) is 0 Å². The topological polar surface area (TPSA) is 50.4 Å². The smallest absolute Gasteiger partial charge is 0.422 e. The van der Waals surface area contributed by atoms with Gasteiger partial charge in [-0.25, -0.2) is 10.2 Å². The highest BCUT2D eigenvalue weighted by Gasteiger charge is 2.22. The molecule has 0 radical (unpaired) electrons. The molecule has 1 aliphatic rings. The zero-order valence-electron chi connectivity index (χ0n) is 11.1. The standard InChI is InChI=1S/C14H20N2O2/c1-14(2,3)18-13(17)16-15-12-8-10-6-4-5-7-11(10)9-12/h4-7,12,15H,8-9H2,1-3H3,(H,16,17). The van der Waals surface area contributed by atoms with E-state index in [9.17, 15) is 4.79 Å². The Morgan fingerprint density at radius 1 is 1.22 bits per heavy atom. The van der Waals surface area contributed by atoms with Crippen LogP contribution < -0.4 is 10.9 Å². The van der Waals surface area contributed by atoms with E-state index in [0.29, 0.717) is 0 Å². The largest absolute Gasteiger partial charge is 0.443 e. The van der Waals surface area contributed by atoms with Gasteiger partial charge < -0.3 is 4.74 Å². The van der Waals surface area contributed by atoms with E-state index in [2.05, 4.69) is 23.0 Å². The van der Waals surface area contributed by atoms with Crippen LogP contribution in [0.15, 0.2) is 24.3 Å². The van der Waals surface area contributed by atoms with E-state index in [4.69, 9.17) is 4.74 Å². The molecule has 2 N–H and O–H groups in total. The number of hydrogen-bond donors (Lipinski definition) is 2. The first kappa shape index (κ1) is 12.9. The van der Waals surface area contributed by atoms with Crippen molar-refractivity contribution in [3.63, 3.8) is 0 Å². The third-order valence-corrected chi connectivity index (χ3v) is 2.83. The molecule has 1 aromatic rings. The van der Waals surface area contributed by atoms with Gasteiger partial charge in [-0.3, -0.25) is 5.43 Å². The number of amides is 1. The second-order valence-electron chi connectivity index (χ2n) is 5.65. The summed E-state index contributed by atoms with van der Waals surface area (Å²) in [7, 11) is 0. The molecule has 0 atom stereocenters. The van der Waals surface area contributed by atoms with E-state index in [1.807, 2.05) is 32.9 Å². The Morgan fingerprint density at radius 3 is 2.28 bits per heavy atom. The lowest BCUT2D eigenvalue weighted by atomic mass is 10.1. The first-order chi connectivity index (χ1) is 8.44. The fourth-order valence-corrected chi connectivity index (χ4v) is 2.13. The van der Waals surface area contributed by atoms with Gasteiger partial charge in [0, 0.05) is 6.04 Å². The van der Waals surface area contributed by atoms with E-state index in [1.165, 1.54) is 11.1 Å². The Hall–Kier alpha value is -1.55. The number of fused-ring (bicyclic) bond motifs is 1. The summed E-state index contributed by atoms with van der Waals surface area (Å²) in [6.45, 7) is 5.54. The summed E-state index contributed by atoms with van der Waals surface area (Å²) in [4.78, 5) is 11.5. The van der Waals surface area contributed by atoms with Crippen LogP contribution >= 0.6 is 0 Å². The molecule has 0 aliphatic heterocycles. The third-order valence-electron chi connectivity index (χ3n) is 2.83. The molecule has 1 aliphatic carbocycles. The second-order valence-corrected chi connectivity index (χ2v) is 5.65. The zero-order chi connectivity index (χ0) is 13.2. The molecule has 98 valence electrons. The molecule has 2 rings (SSSR count). The lowest BCUT2D eigenvalue weighted by molar-refractivity contribution is 0.0488. The molecule has 0 heterocycles. The van der Waals surface area contributed by atoms with Gasteiger partial charge in [0.05, 0.1) is 0 Å². The van der Waals surface area contributed by atoms with E-state index >= 15 is 0 Å². The lowest BCUT2D eigenvalue weighted by Gasteiger charge is -2.21. The summed E-state index contributed by atoms with van der Waals surface area (Å²) in [5, 5.41) is 0. The number of ether oxygens (including phenoxy) is 1. The van der Waals surface area contributed by atoms with Crippen molar-refractivity contribution >= 4 is 6.09 Å². The number of rotatable bonds is 2. The maximum atomic E-state index is 11.5. The van der Waals surface area contributed by atoms with Gasteiger partial charge in [-0.2, -0.15) is 0 Å². The minimum Gasteiger partial charge on any atom is -0.443 e. The number of carbonyl (C=O) groups excluding carboxylic acids is 1. The van der Waals surface area contributed by atoms with E-state index in [-0.39, 0.29) is 6.04 Å². The molecule has 0 bridgehead atoms. The van der Waals surface area contributed by atoms with Crippen LogP contribution in [-0.4, -0.2) is 17.7 Å². The normalized spacial score (nSPS) is 15.3. The van der Waals surface area contributed by atoms with Crippen LogP contribution in [0.1, 0.15) is 31.9 Å². The first-order valence-corrected chi connectivity index (χ1v) is 6.25. The van der Waals surface area contributed by atoms with Crippen molar-refractivity contribution in [2.24, 2.45) is 0 Å². The summed E-state index contributed by atoms with van der Waals surface area (Å²) >= 11 is 0. The fraction of sp³-hybridized carbons (Fsp3) is 0.500. The van der Waals surface area contributed by atoms with Crippen LogP contribution in [0.5, 0.6) is 0 Å². The van der Waals surface area contributed by atoms with Crippen LogP contribution in [0.3, 0.4) is 0 Å². The molecule has 0 saturated heterocycles. The first-order valence-electron chi connectivity index (χ1n) is 6.25. The molecule has 4 nitrogen and oxygen atoms in total. The van der Waals surface area contributed by atoms with Crippen molar-refractivity contribution < 1.29 is 9.53 Å². The predicted octanol–water partition coefficient (Wildman–Crippen LogP) is 2.18. The van der Waals surface area contributed by atoms with Gasteiger partial charge in [0.1, 0.15) is 5.60 Å². The van der Waals surface area contributed by atoms with Gasteiger partial charge in [0.2, 0.25) is 0 Å². The maximum absolute atomic E-state index is 11.5. The van der Waals surface area contributed by atoms with Crippen LogP contribution in [0.2, 0.25) is 0 Å². The molecule has 4 heteroatoms. The molecule has 0 spiro atoms. The number of carbonyl (C=O) groups is 1. The Labute approximate surface area is 108 Å². The highest BCUT2D eigenvalue weighted by atomic mass is 16.6. The summed E-state index contributed by atoms with van der Waals surface area (Å²) in [5.74, 6) is 0. The molecule has 1 aromatic carbocycles. The number of hydrogen-bond acceptors (Lipinski definition) is 3. The molecule has 0 fully saturated rings. The summed E-state index contributed by atoms with van der Waals surface area (Å²) < 4.78 is 5.16. The van der Waals surface area contributed by atoms with Crippen LogP contribution in [0, 0.1) is 0 Å². The zero-order valence-corrected chi connectivity index (χ0v) is 11.1. The number of benzene rings is 1. The Balaban J connectivity index is 1.79. The Morgan fingerprint density at radius 2 is 1.78 bits per heavy atom. The van der Waals surface area contributed by atoms with Gasteiger partial charge in [-0.15, -0.1) is 0 Å². The number of hydrazine groups is 1. The monoisotopic (exact) mass is 248 g/mol. The number of nitrogens with one attached hydrogen (secondary N) is 2. The minimum absolute atomic E-state index is 0.245. The molecular formula is C14H20N2O2. The van der Waals surface area contributed by atoms with E-state index in [1.54, 1.807) is 0 Å². The SMILES string of the molecule is CC(C)(C)OC(=O)NNC1Cc2ccccc2C1. The van der Waals surface area contributed by atoms with Gasteiger partial charge in [-0.05, 0) is 44.7 Å². The average molecular weight is 248 g/mol. The second kappa shape index (κ2) is 4.98. The van der Waals surface area contributed by atoms with Crippen molar-refractivity contribution in [2.75, 3.05) is 0 Å². The van der Waals surface area contributed by atoms with Crippen molar-refractivity contribution in [3.05, 3.63) is 35.4 Å². The lowest BCUT2D eigenvalue weighted by Crippen LogP contribution is -2.46. The third kappa shape index (κ3) is 3.47. The molecule has 1 amide bonds. The van der Waals surface area contributed by atoms with Crippen LogP contribution in [0.25, 0.3) is 0 Å². The van der Waals surface area contributed by atoms with E-state index < -0.39 is 11.7 Å². The van der Waals surface area contributed by atoms with Crippen LogP contribution in [-0.2, 0) is 17.6 Å². The molecule has 0 unspecified atom stereocenters. The Kier molecular flexibility index (Phi) is 3.57.